The van der Waals surface area contributed by atoms with Crippen molar-refractivity contribution in [3.63, 3.8) is 0 Å². The summed E-state index contributed by atoms with van der Waals surface area (Å²) in [6.07, 6.45) is 2.40. The minimum Gasteiger partial charge on any atom is -0.497 e. The Bertz CT molecular complexity index is 1170. The lowest BCUT2D eigenvalue weighted by atomic mass is 10.2. The number of hydrogen-bond acceptors (Lipinski definition) is 5. The molecule has 166 valence electrons. The van der Waals surface area contributed by atoms with E-state index in [1.54, 1.807) is 33.3 Å². The highest BCUT2D eigenvalue weighted by molar-refractivity contribution is 7.89. The molecule has 1 aromatic heterocycles. The van der Waals surface area contributed by atoms with Crippen molar-refractivity contribution in [2.24, 2.45) is 0 Å². The Morgan fingerprint density at radius 1 is 1.10 bits per heavy atom. The number of aryl methyl sites for hydroxylation is 1. The fraction of sp³-hybridized carbons (Fsp3) is 0.435. The van der Waals surface area contributed by atoms with Gasteiger partial charge in [0.1, 0.15) is 11.6 Å². The van der Waals surface area contributed by atoms with Gasteiger partial charge in [0.15, 0.2) is 0 Å². The van der Waals surface area contributed by atoms with E-state index in [0.29, 0.717) is 6.04 Å². The summed E-state index contributed by atoms with van der Waals surface area (Å²) in [5, 5.41) is 0. The van der Waals surface area contributed by atoms with Crippen LogP contribution in [0, 0.1) is 0 Å². The molecule has 4 rings (SSSR count). The van der Waals surface area contributed by atoms with Crippen molar-refractivity contribution < 1.29 is 13.2 Å². The predicted molar refractivity (Wildman–Crippen MR) is 122 cm³/mol. The van der Waals surface area contributed by atoms with Crippen LogP contribution in [0.4, 0.5) is 0 Å². The second kappa shape index (κ2) is 8.61. The van der Waals surface area contributed by atoms with Crippen LogP contribution in [0.15, 0.2) is 47.4 Å². The summed E-state index contributed by atoms with van der Waals surface area (Å²) in [4.78, 5) is 7.59. The van der Waals surface area contributed by atoms with E-state index in [9.17, 15) is 8.42 Å². The molecule has 0 atom stereocenters. The number of aromatic nitrogens is 2. The Kier molecular flexibility index (Phi) is 6.05. The minimum absolute atomic E-state index is 0.273. The van der Waals surface area contributed by atoms with Gasteiger partial charge >= 0.3 is 0 Å². The molecule has 0 amide bonds. The molecule has 1 saturated carbocycles. The average molecular weight is 443 g/mol. The van der Waals surface area contributed by atoms with Crippen molar-refractivity contribution in [1.82, 2.24) is 18.8 Å². The number of nitrogens with zero attached hydrogens (tertiary/aromatic N) is 4. The van der Waals surface area contributed by atoms with Crippen LogP contribution in [0.25, 0.3) is 11.0 Å². The molecule has 31 heavy (non-hydrogen) atoms. The second-order valence-electron chi connectivity index (χ2n) is 8.19. The Morgan fingerprint density at radius 3 is 2.39 bits per heavy atom. The summed E-state index contributed by atoms with van der Waals surface area (Å²) >= 11 is 0. The molecule has 8 heteroatoms. The maximum Gasteiger partial charge on any atom is 0.242 e. The highest BCUT2D eigenvalue weighted by Crippen LogP contribution is 2.31. The fourth-order valence-corrected chi connectivity index (χ4v) is 4.83. The first-order chi connectivity index (χ1) is 14.8. The summed E-state index contributed by atoms with van der Waals surface area (Å²) < 4.78 is 33.8. The van der Waals surface area contributed by atoms with Gasteiger partial charge in [0, 0.05) is 33.2 Å². The number of benzene rings is 2. The van der Waals surface area contributed by atoms with Crippen LogP contribution in [0.3, 0.4) is 0 Å². The summed E-state index contributed by atoms with van der Waals surface area (Å²) in [6.45, 7) is 4.46. The summed E-state index contributed by atoms with van der Waals surface area (Å²) in [7, 11) is 1.28. The molecule has 0 bridgehead atoms. The van der Waals surface area contributed by atoms with Gasteiger partial charge in [-0.2, -0.15) is 0 Å². The number of ether oxygens (including phenoxy) is 1. The normalized spacial score (nSPS) is 14.6. The van der Waals surface area contributed by atoms with Gasteiger partial charge in [-0.05, 0) is 55.7 Å². The lowest BCUT2D eigenvalue weighted by Gasteiger charge is -2.22. The van der Waals surface area contributed by atoms with E-state index in [2.05, 4.69) is 28.5 Å². The van der Waals surface area contributed by atoms with Crippen molar-refractivity contribution in [3.8, 4) is 5.75 Å². The van der Waals surface area contributed by atoms with Gasteiger partial charge in [0.25, 0.3) is 0 Å². The number of methoxy groups -OCH3 is 1. The summed E-state index contributed by atoms with van der Waals surface area (Å²) in [5.74, 6) is 1.83. The lowest BCUT2D eigenvalue weighted by molar-refractivity contribution is 0.236. The Labute approximate surface area is 184 Å². The standard InChI is InChI=1S/C23H30N4O3S/c1-5-27-22-13-12-20(31(28,29)25(2)3)14-21(22)24-23(27)16-26(18-8-9-18)15-17-6-10-19(30-4)11-7-17/h6-7,10-14,18H,5,8-9,15-16H2,1-4H3. The number of hydrogen-bond donors (Lipinski definition) is 0. The van der Waals surface area contributed by atoms with E-state index in [1.807, 2.05) is 18.2 Å². The summed E-state index contributed by atoms with van der Waals surface area (Å²) in [6, 6.07) is 14.0. The van der Waals surface area contributed by atoms with Crippen LogP contribution >= 0.6 is 0 Å². The monoisotopic (exact) mass is 442 g/mol. The molecule has 0 spiro atoms. The lowest BCUT2D eigenvalue weighted by Crippen LogP contribution is -2.26. The Hall–Kier alpha value is -2.42. The van der Waals surface area contributed by atoms with Gasteiger partial charge < -0.3 is 9.30 Å². The first kappa shape index (κ1) is 21.8. The van der Waals surface area contributed by atoms with Crippen molar-refractivity contribution in [2.75, 3.05) is 21.2 Å². The van der Waals surface area contributed by atoms with Crippen LogP contribution < -0.4 is 4.74 Å². The molecule has 0 aliphatic heterocycles. The quantitative estimate of drug-likeness (QED) is 0.508. The van der Waals surface area contributed by atoms with Crippen LogP contribution in [0.2, 0.25) is 0 Å². The van der Waals surface area contributed by atoms with Gasteiger partial charge in [-0.25, -0.2) is 17.7 Å². The SMILES string of the molecule is CCn1c(CN(Cc2ccc(OC)cc2)C2CC2)nc2cc(S(=O)(=O)N(C)C)ccc21. The van der Waals surface area contributed by atoms with Crippen molar-refractivity contribution in [1.29, 1.82) is 0 Å². The van der Waals surface area contributed by atoms with E-state index in [4.69, 9.17) is 9.72 Å². The van der Waals surface area contributed by atoms with Gasteiger partial charge in [0.2, 0.25) is 10.0 Å². The van der Waals surface area contributed by atoms with Gasteiger partial charge in [-0.15, -0.1) is 0 Å². The van der Waals surface area contributed by atoms with Crippen LogP contribution in [0.5, 0.6) is 5.75 Å². The molecule has 1 heterocycles. The maximum atomic E-state index is 12.5. The second-order valence-corrected chi connectivity index (χ2v) is 10.3. The summed E-state index contributed by atoms with van der Waals surface area (Å²) in [5.41, 5.74) is 2.93. The largest absolute Gasteiger partial charge is 0.497 e. The first-order valence-corrected chi connectivity index (χ1v) is 12.1. The zero-order chi connectivity index (χ0) is 22.2. The molecule has 7 nitrogen and oxygen atoms in total. The fourth-order valence-electron chi connectivity index (χ4n) is 3.91. The Morgan fingerprint density at radius 2 is 1.81 bits per heavy atom. The van der Waals surface area contributed by atoms with Crippen molar-refractivity contribution >= 4 is 21.1 Å². The molecule has 0 saturated heterocycles. The topological polar surface area (TPSA) is 67.7 Å². The molecule has 3 aromatic rings. The van der Waals surface area contributed by atoms with Crippen LogP contribution in [-0.4, -0.2) is 54.4 Å². The first-order valence-electron chi connectivity index (χ1n) is 10.6. The molecule has 1 aliphatic rings. The molecule has 0 radical (unpaired) electrons. The van der Waals surface area contributed by atoms with Gasteiger partial charge in [0.05, 0.1) is 29.6 Å². The number of imidazole rings is 1. The highest BCUT2D eigenvalue weighted by atomic mass is 32.2. The maximum absolute atomic E-state index is 12.5. The predicted octanol–water partition coefficient (Wildman–Crippen LogP) is 3.48. The van der Waals surface area contributed by atoms with Crippen molar-refractivity contribution in [2.45, 2.75) is 50.3 Å². The third-order valence-corrected chi connectivity index (χ3v) is 7.66. The molecule has 2 aromatic carbocycles. The zero-order valence-corrected chi connectivity index (χ0v) is 19.4. The van der Waals surface area contributed by atoms with E-state index in [-0.39, 0.29) is 4.90 Å². The van der Waals surface area contributed by atoms with E-state index < -0.39 is 10.0 Å². The van der Waals surface area contributed by atoms with Crippen LogP contribution in [-0.2, 0) is 29.7 Å². The van der Waals surface area contributed by atoms with Crippen molar-refractivity contribution in [3.05, 3.63) is 53.9 Å². The molecular weight excluding hydrogens is 412 g/mol. The molecule has 1 aliphatic carbocycles. The molecular formula is C23H30N4O3S. The number of sulfonamides is 1. The van der Waals surface area contributed by atoms with E-state index >= 15 is 0 Å². The highest BCUT2D eigenvalue weighted by Gasteiger charge is 2.30. The number of rotatable bonds is 9. The van der Waals surface area contributed by atoms with Crippen LogP contribution in [0.1, 0.15) is 31.2 Å². The molecule has 1 fully saturated rings. The molecule has 0 unspecified atom stereocenters. The Balaban J connectivity index is 1.63. The van der Waals surface area contributed by atoms with Gasteiger partial charge in [-0.1, -0.05) is 12.1 Å². The van der Waals surface area contributed by atoms with E-state index in [0.717, 1.165) is 42.2 Å². The van der Waals surface area contributed by atoms with Gasteiger partial charge in [-0.3, -0.25) is 4.90 Å². The minimum atomic E-state index is -3.49. The molecule has 0 N–H and O–H groups in total. The number of fused-ring (bicyclic) bond motifs is 1. The smallest absolute Gasteiger partial charge is 0.242 e. The van der Waals surface area contributed by atoms with E-state index in [1.165, 1.54) is 22.7 Å². The third-order valence-electron chi connectivity index (χ3n) is 5.85. The zero-order valence-electron chi connectivity index (χ0n) is 18.6. The average Bonchev–Trinajstić information content (AvgIpc) is 3.55. The third kappa shape index (κ3) is 4.46.